The first kappa shape index (κ1) is 11.4. The fraction of sp³-hybridized carbons (Fsp3) is 0.444. The van der Waals surface area contributed by atoms with E-state index in [4.69, 9.17) is 23.2 Å². The van der Waals surface area contributed by atoms with Gasteiger partial charge in [-0.15, -0.1) is 0 Å². The summed E-state index contributed by atoms with van der Waals surface area (Å²) in [6.45, 7) is 5.19. The van der Waals surface area contributed by atoms with Crippen molar-refractivity contribution < 1.29 is 4.79 Å². The van der Waals surface area contributed by atoms with Gasteiger partial charge < -0.3 is 9.88 Å². The molecule has 14 heavy (non-hydrogen) atoms. The summed E-state index contributed by atoms with van der Waals surface area (Å²) in [5.41, 5.74) is 0.434. The van der Waals surface area contributed by atoms with Crippen molar-refractivity contribution in [2.45, 2.75) is 13.8 Å². The van der Waals surface area contributed by atoms with Crippen LogP contribution in [0, 0.1) is 0 Å². The van der Waals surface area contributed by atoms with Crippen LogP contribution in [0.4, 0.5) is 0 Å². The minimum Gasteiger partial charge on any atom is -0.340 e. The molecule has 0 aliphatic heterocycles. The van der Waals surface area contributed by atoms with Crippen molar-refractivity contribution in [2.75, 3.05) is 13.1 Å². The number of rotatable bonds is 3. The van der Waals surface area contributed by atoms with Crippen LogP contribution in [0.5, 0.6) is 0 Å². The van der Waals surface area contributed by atoms with E-state index >= 15 is 0 Å². The molecule has 5 heteroatoms. The molecular formula is C9H12Cl2N2O. The van der Waals surface area contributed by atoms with Crippen LogP contribution in [0.25, 0.3) is 0 Å². The molecule has 0 saturated heterocycles. The number of halogens is 2. The number of aromatic amines is 1. The van der Waals surface area contributed by atoms with Gasteiger partial charge in [-0.1, -0.05) is 23.2 Å². The predicted octanol–water partition coefficient (Wildman–Crippen LogP) is 2.80. The zero-order valence-electron chi connectivity index (χ0n) is 8.10. The summed E-state index contributed by atoms with van der Waals surface area (Å²) >= 11 is 11.4. The molecule has 0 saturated carbocycles. The van der Waals surface area contributed by atoms with Crippen LogP contribution in [0.3, 0.4) is 0 Å². The summed E-state index contributed by atoms with van der Waals surface area (Å²) in [5, 5.41) is 0.685. The maximum atomic E-state index is 11.7. The van der Waals surface area contributed by atoms with Gasteiger partial charge in [0.05, 0.1) is 5.02 Å². The Hall–Kier alpha value is -0.670. The van der Waals surface area contributed by atoms with Crippen molar-refractivity contribution in [1.29, 1.82) is 0 Å². The molecule has 1 rings (SSSR count). The number of carbonyl (C=O) groups is 1. The third-order valence-corrected chi connectivity index (χ3v) is 2.70. The first-order chi connectivity index (χ1) is 6.60. The van der Waals surface area contributed by atoms with Crippen LogP contribution < -0.4 is 0 Å². The van der Waals surface area contributed by atoms with Gasteiger partial charge in [0.15, 0.2) is 0 Å². The van der Waals surface area contributed by atoms with Gasteiger partial charge in [-0.3, -0.25) is 4.79 Å². The average Bonchev–Trinajstić information content (AvgIpc) is 2.49. The Kier molecular flexibility index (Phi) is 3.84. The van der Waals surface area contributed by atoms with Crippen molar-refractivity contribution >= 4 is 29.1 Å². The van der Waals surface area contributed by atoms with E-state index in [9.17, 15) is 4.79 Å². The van der Waals surface area contributed by atoms with Crippen molar-refractivity contribution in [3.63, 3.8) is 0 Å². The topological polar surface area (TPSA) is 36.1 Å². The summed E-state index contributed by atoms with van der Waals surface area (Å²) in [6.07, 6.45) is 0. The van der Waals surface area contributed by atoms with Crippen LogP contribution in [0.15, 0.2) is 6.07 Å². The fourth-order valence-electron chi connectivity index (χ4n) is 1.20. The number of amides is 1. The van der Waals surface area contributed by atoms with Gasteiger partial charge in [0.1, 0.15) is 10.8 Å². The zero-order chi connectivity index (χ0) is 10.7. The molecular weight excluding hydrogens is 223 g/mol. The van der Waals surface area contributed by atoms with Crippen LogP contribution in [-0.4, -0.2) is 28.9 Å². The Balaban J connectivity index is 2.88. The SMILES string of the molecule is CCN(CC)C(=O)c1cc(Cl)c(Cl)[nH]1. The maximum Gasteiger partial charge on any atom is 0.270 e. The van der Waals surface area contributed by atoms with Gasteiger partial charge in [0.2, 0.25) is 0 Å². The number of aromatic nitrogens is 1. The Labute approximate surface area is 93.0 Å². The van der Waals surface area contributed by atoms with E-state index < -0.39 is 0 Å². The Morgan fingerprint density at radius 2 is 2.00 bits per heavy atom. The van der Waals surface area contributed by atoms with Gasteiger partial charge in [-0.2, -0.15) is 0 Å². The number of nitrogens with zero attached hydrogens (tertiary/aromatic N) is 1. The van der Waals surface area contributed by atoms with Crippen molar-refractivity contribution in [3.05, 3.63) is 21.9 Å². The predicted molar refractivity (Wildman–Crippen MR) is 58.1 cm³/mol. The third-order valence-electron chi connectivity index (χ3n) is 2.01. The highest BCUT2D eigenvalue weighted by Crippen LogP contribution is 2.22. The highest BCUT2D eigenvalue weighted by Gasteiger charge is 2.15. The van der Waals surface area contributed by atoms with Crippen LogP contribution >= 0.6 is 23.2 Å². The third kappa shape index (κ3) is 2.22. The monoisotopic (exact) mass is 234 g/mol. The number of nitrogens with one attached hydrogen (secondary N) is 1. The molecule has 0 aromatic carbocycles. The second-order valence-electron chi connectivity index (χ2n) is 2.82. The number of hydrogen-bond acceptors (Lipinski definition) is 1. The molecule has 1 aromatic rings. The van der Waals surface area contributed by atoms with E-state index in [0.717, 1.165) is 0 Å². The Morgan fingerprint density at radius 1 is 1.43 bits per heavy atom. The van der Waals surface area contributed by atoms with E-state index in [1.165, 1.54) is 0 Å². The van der Waals surface area contributed by atoms with Crippen LogP contribution in [0.2, 0.25) is 10.2 Å². The quantitative estimate of drug-likeness (QED) is 0.859. The minimum absolute atomic E-state index is 0.0798. The van der Waals surface area contributed by atoms with Gasteiger partial charge in [-0.05, 0) is 19.9 Å². The lowest BCUT2D eigenvalue weighted by Gasteiger charge is -2.17. The molecule has 1 heterocycles. The average molecular weight is 235 g/mol. The summed E-state index contributed by atoms with van der Waals surface area (Å²) < 4.78 is 0. The largest absolute Gasteiger partial charge is 0.340 e. The Morgan fingerprint density at radius 3 is 2.36 bits per heavy atom. The summed E-state index contributed by atoms with van der Waals surface area (Å²) in [6, 6.07) is 1.55. The molecule has 1 N–H and O–H groups in total. The number of hydrogen-bond donors (Lipinski definition) is 1. The van der Waals surface area contributed by atoms with E-state index in [-0.39, 0.29) is 5.91 Å². The normalized spacial score (nSPS) is 10.3. The maximum absolute atomic E-state index is 11.7. The Bertz CT molecular complexity index is 312. The molecule has 1 aromatic heterocycles. The van der Waals surface area contributed by atoms with Gasteiger partial charge >= 0.3 is 0 Å². The number of H-pyrrole nitrogens is 1. The fourth-order valence-corrected chi connectivity index (χ4v) is 1.51. The minimum atomic E-state index is -0.0798. The summed E-state index contributed by atoms with van der Waals surface area (Å²) in [5.74, 6) is -0.0798. The first-order valence-corrected chi connectivity index (χ1v) is 5.19. The lowest BCUT2D eigenvalue weighted by Crippen LogP contribution is -2.30. The first-order valence-electron chi connectivity index (χ1n) is 4.43. The molecule has 1 amide bonds. The molecule has 0 radical (unpaired) electrons. The molecule has 3 nitrogen and oxygen atoms in total. The standard InChI is InChI=1S/C9H12Cl2N2O/c1-3-13(4-2)9(14)7-5-6(10)8(11)12-7/h5,12H,3-4H2,1-2H3. The highest BCUT2D eigenvalue weighted by atomic mass is 35.5. The van der Waals surface area contributed by atoms with Crippen molar-refractivity contribution in [1.82, 2.24) is 9.88 Å². The second kappa shape index (κ2) is 4.71. The molecule has 0 atom stereocenters. The van der Waals surface area contributed by atoms with Gasteiger partial charge in [0, 0.05) is 13.1 Å². The smallest absolute Gasteiger partial charge is 0.270 e. The van der Waals surface area contributed by atoms with Gasteiger partial charge in [0.25, 0.3) is 5.91 Å². The van der Waals surface area contributed by atoms with Crippen molar-refractivity contribution in [3.8, 4) is 0 Å². The van der Waals surface area contributed by atoms with E-state index in [0.29, 0.717) is 29.0 Å². The van der Waals surface area contributed by atoms with Gasteiger partial charge in [-0.25, -0.2) is 0 Å². The molecule has 0 unspecified atom stereocenters. The molecule has 0 aliphatic carbocycles. The van der Waals surface area contributed by atoms with E-state index in [2.05, 4.69) is 4.98 Å². The van der Waals surface area contributed by atoms with E-state index in [1.54, 1.807) is 11.0 Å². The highest BCUT2D eigenvalue weighted by molar-refractivity contribution is 6.41. The summed E-state index contributed by atoms with van der Waals surface area (Å²) in [4.78, 5) is 16.2. The van der Waals surface area contributed by atoms with Crippen LogP contribution in [-0.2, 0) is 0 Å². The number of carbonyl (C=O) groups excluding carboxylic acids is 1. The molecule has 78 valence electrons. The molecule has 0 fully saturated rings. The molecule has 0 aliphatic rings. The lowest BCUT2D eigenvalue weighted by molar-refractivity contribution is 0.0768. The summed E-state index contributed by atoms with van der Waals surface area (Å²) in [7, 11) is 0. The zero-order valence-corrected chi connectivity index (χ0v) is 9.61. The second-order valence-corrected chi connectivity index (χ2v) is 3.61. The van der Waals surface area contributed by atoms with E-state index in [1.807, 2.05) is 13.8 Å². The molecule has 0 spiro atoms. The van der Waals surface area contributed by atoms with Crippen molar-refractivity contribution in [2.24, 2.45) is 0 Å². The lowest BCUT2D eigenvalue weighted by atomic mass is 10.3. The van der Waals surface area contributed by atoms with Crippen LogP contribution in [0.1, 0.15) is 24.3 Å². The molecule has 0 bridgehead atoms.